The molecule has 0 heterocycles. The molecule has 0 unspecified atom stereocenters. The van der Waals surface area contributed by atoms with E-state index in [1.807, 2.05) is 24.3 Å². The number of hydrogen-bond acceptors (Lipinski definition) is 6. The quantitative estimate of drug-likeness (QED) is 0.377. The van der Waals surface area contributed by atoms with Crippen LogP contribution < -0.4 is 19.5 Å². The van der Waals surface area contributed by atoms with Crippen LogP contribution in [-0.4, -0.2) is 40.4 Å². The first-order valence-corrected chi connectivity index (χ1v) is 8.94. The van der Waals surface area contributed by atoms with Gasteiger partial charge in [0.1, 0.15) is 35.5 Å². The summed E-state index contributed by atoms with van der Waals surface area (Å²) in [5, 5.41) is 11.8. The Kier molecular flexibility index (Phi) is 8.54. The summed E-state index contributed by atoms with van der Waals surface area (Å²) < 4.78 is 21.3. The maximum absolute atomic E-state index is 12.0. The Bertz CT molecular complexity index is 885. The van der Waals surface area contributed by atoms with E-state index in [0.29, 0.717) is 31.3 Å². The molecule has 7 heteroatoms. The largest absolute Gasteiger partial charge is 0.497 e. The highest BCUT2D eigenvalue weighted by atomic mass is 16.5. The molecule has 0 saturated carbocycles. The third kappa shape index (κ3) is 6.55. The second-order valence-electron chi connectivity index (χ2n) is 5.95. The molecule has 0 atom stereocenters. The van der Waals surface area contributed by atoms with Gasteiger partial charge >= 0.3 is 0 Å². The van der Waals surface area contributed by atoms with Gasteiger partial charge in [-0.25, -0.2) is 0 Å². The number of nitriles is 1. The number of carbonyl (C=O) groups excluding carboxylic acids is 1. The number of ether oxygens (including phenoxy) is 4. The minimum absolute atomic E-state index is 0.0240. The van der Waals surface area contributed by atoms with Gasteiger partial charge in [-0.05, 0) is 42.0 Å². The number of amides is 1. The van der Waals surface area contributed by atoms with Crippen molar-refractivity contribution >= 4 is 12.0 Å². The average Bonchev–Trinajstić information content (AvgIpc) is 2.76. The van der Waals surface area contributed by atoms with E-state index in [9.17, 15) is 10.1 Å². The van der Waals surface area contributed by atoms with Gasteiger partial charge in [0.25, 0.3) is 5.91 Å². The standard InChI is InChI=1S/C22H24N2O5/c1-26-11-10-24-22(25)17(14-23)12-16-4-6-19(7-5-16)29-15-18-13-20(27-2)8-9-21(18)28-3/h4-9,12-13H,10-11,15H2,1-3H3,(H,24,25)/b17-12+. The Morgan fingerprint density at radius 1 is 1.07 bits per heavy atom. The zero-order chi connectivity index (χ0) is 21.1. The number of nitrogens with zero attached hydrogens (tertiary/aromatic N) is 1. The zero-order valence-electron chi connectivity index (χ0n) is 16.7. The second kappa shape index (κ2) is 11.4. The Labute approximate surface area is 170 Å². The number of hydrogen-bond donors (Lipinski definition) is 1. The van der Waals surface area contributed by atoms with E-state index in [1.54, 1.807) is 45.6 Å². The fourth-order valence-corrected chi connectivity index (χ4v) is 2.49. The van der Waals surface area contributed by atoms with Crippen LogP contribution in [0.2, 0.25) is 0 Å². The molecule has 2 aromatic rings. The van der Waals surface area contributed by atoms with Crippen molar-refractivity contribution in [1.82, 2.24) is 5.32 Å². The summed E-state index contributed by atoms with van der Waals surface area (Å²) >= 11 is 0. The first-order chi connectivity index (χ1) is 14.1. The molecular weight excluding hydrogens is 372 g/mol. The predicted molar refractivity (Wildman–Crippen MR) is 109 cm³/mol. The molecule has 0 aliphatic carbocycles. The van der Waals surface area contributed by atoms with Crippen molar-refractivity contribution in [2.24, 2.45) is 0 Å². The Morgan fingerprint density at radius 2 is 1.79 bits per heavy atom. The molecule has 0 aliphatic heterocycles. The molecule has 0 spiro atoms. The molecule has 0 saturated heterocycles. The van der Waals surface area contributed by atoms with E-state index in [2.05, 4.69) is 5.32 Å². The van der Waals surface area contributed by atoms with Gasteiger partial charge in [0, 0.05) is 19.2 Å². The van der Waals surface area contributed by atoms with Crippen molar-refractivity contribution in [3.63, 3.8) is 0 Å². The Morgan fingerprint density at radius 3 is 2.41 bits per heavy atom. The van der Waals surface area contributed by atoms with E-state index < -0.39 is 5.91 Å². The highest BCUT2D eigenvalue weighted by Gasteiger charge is 2.09. The third-order valence-electron chi connectivity index (χ3n) is 4.03. The summed E-state index contributed by atoms with van der Waals surface area (Å²) in [6.45, 7) is 1.03. The van der Waals surface area contributed by atoms with E-state index in [1.165, 1.54) is 6.08 Å². The maximum Gasteiger partial charge on any atom is 0.262 e. The van der Waals surface area contributed by atoms with Gasteiger partial charge in [-0.3, -0.25) is 4.79 Å². The molecule has 29 heavy (non-hydrogen) atoms. The van der Waals surface area contributed by atoms with Crippen molar-refractivity contribution in [3.8, 4) is 23.3 Å². The summed E-state index contributed by atoms with van der Waals surface area (Å²) in [5.41, 5.74) is 1.60. The number of carbonyl (C=O) groups is 1. The molecule has 0 fully saturated rings. The van der Waals surface area contributed by atoms with Gasteiger partial charge in [0.2, 0.25) is 0 Å². The molecule has 0 aliphatic rings. The molecule has 0 radical (unpaired) electrons. The van der Waals surface area contributed by atoms with Crippen molar-refractivity contribution in [1.29, 1.82) is 5.26 Å². The Hall–Kier alpha value is -3.50. The summed E-state index contributed by atoms with van der Waals surface area (Å²) in [6, 6.07) is 14.5. The molecule has 2 rings (SSSR count). The van der Waals surface area contributed by atoms with Crippen LogP contribution in [0.25, 0.3) is 6.08 Å². The van der Waals surface area contributed by atoms with Crippen LogP contribution in [0.3, 0.4) is 0 Å². The number of methoxy groups -OCH3 is 3. The SMILES string of the molecule is COCCNC(=O)/C(C#N)=C/c1ccc(OCc2cc(OC)ccc2OC)cc1. The van der Waals surface area contributed by atoms with E-state index >= 15 is 0 Å². The van der Waals surface area contributed by atoms with Crippen LogP contribution in [0, 0.1) is 11.3 Å². The smallest absolute Gasteiger partial charge is 0.262 e. The van der Waals surface area contributed by atoms with Gasteiger partial charge in [-0.2, -0.15) is 5.26 Å². The van der Waals surface area contributed by atoms with E-state index in [4.69, 9.17) is 18.9 Å². The predicted octanol–water partition coefficient (Wildman–Crippen LogP) is 2.95. The summed E-state index contributed by atoms with van der Waals surface area (Å²) in [7, 11) is 4.75. The Balaban J connectivity index is 2.03. The zero-order valence-corrected chi connectivity index (χ0v) is 16.7. The minimum Gasteiger partial charge on any atom is -0.497 e. The van der Waals surface area contributed by atoms with Crippen molar-refractivity contribution in [3.05, 3.63) is 59.2 Å². The van der Waals surface area contributed by atoms with Crippen molar-refractivity contribution in [2.75, 3.05) is 34.5 Å². The molecule has 0 bridgehead atoms. The molecule has 7 nitrogen and oxygen atoms in total. The fraction of sp³-hybridized carbons (Fsp3) is 0.273. The van der Waals surface area contributed by atoms with Crippen molar-refractivity contribution in [2.45, 2.75) is 6.61 Å². The van der Waals surface area contributed by atoms with Crippen LogP contribution in [0.15, 0.2) is 48.0 Å². The fourth-order valence-electron chi connectivity index (χ4n) is 2.49. The van der Waals surface area contributed by atoms with Crippen LogP contribution in [0.1, 0.15) is 11.1 Å². The average molecular weight is 396 g/mol. The minimum atomic E-state index is -0.435. The molecule has 2 aromatic carbocycles. The summed E-state index contributed by atoms with van der Waals surface area (Å²) in [6.07, 6.45) is 1.52. The van der Waals surface area contributed by atoms with E-state index in [0.717, 1.165) is 16.9 Å². The highest BCUT2D eigenvalue weighted by Crippen LogP contribution is 2.25. The summed E-state index contributed by atoms with van der Waals surface area (Å²) in [4.78, 5) is 12.0. The van der Waals surface area contributed by atoms with Crippen LogP contribution in [0.5, 0.6) is 17.2 Å². The molecule has 1 amide bonds. The topological polar surface area (TPSA) is 89.8 Å². The van der Waals surface area contributed by atoms with Gasteiger partial charge in [-0.1, -0.05) is 12.1 Å². The van der Waals surface area contributed by atoms with Gasteiger partial charge < -0.3 is 24.3 Å². The third-order valence-corrected chi connectivity index (χ3v) is 4.03. The van der Waals surface area contributed by atoms with Gasteiger partial charge in [0.15, 0.2) is 0 Å². The normalized spacial score (nSPS) is 10.8. The number of nitrogens with one attached hydrogen (secondary N) is 1. The van der Waals surface area contributed by atoms with Gasteiger partial charge in [-0.15, -0.1) is 0 Å². The first kappa shape index (κ1) is 21.8. The summed E-state index contributed by atoms with van der Waals surface area (Å²) in [5.74, 6) is 1.64. The molecular formula is C22H24N2O5. The van der Waals surface area contributed by atoms with Crippen LogP contribution in [0.4, 0.5) is 0 Å². The highest BCUT2D eigenvalue weighted by molar-refractivity contribution is 6.01. The number of rotatable bonds is 10. The number of benzene rings is 2. The lowest BCUT2D eigenvalue weighted by Gasteiger charge is -2.12. The molecule has 152 valence electrons. The maximum atomic E-state index is 12.0. The van der Waals surface area contributed by atoms with Crippen molar-refractivity contribution < 1.29 is 23.7 Å². The van der Waals surface area contributed by atoms with Crippen LogP contribution >= 0.6 is 0 Å². The molecule has 1 N–H and O–H groups in total. The lowest BCUT2D eigenvalue weighted by molar-refractivity contribution is -0.117. The van der Waals surface area contributed by atoms with Gasteiger partial charge in [0.05, 0.1) is 20.8 Å². The lowest BCUT2D eigenvalue weighted by Crippen LogP contribution is -2.27. The first-order valence-electron chi connectivity index (χ1n) is 8.94. The second-order valence-corrected chi connectivity index (χ2v) is 5.95. The monoisotopic (exact) mass is 396 g/mol. The van der Waals surface area contributed by atoms with Crippen LogP contribution in [-0.2, 0) is 16.1 Å². The lowest BCUT2D eigenvalue weighted by atomic mass is 10.1. The molecule has 0 aromatic heterocycles. The van der Waals surface area contributed by atoms with E-state index in [-0.39, 0.29) is 5.57 Å².